The lowest BCUT2D eigenvalue weighted by atomic mass is 9.56. The maximum Gasteiger partial charge on any atom is 0.411 e. The minimum Gasteiger partial charge on any atom is -0.449 e. The van der Waals surface area contributed by atoms with E-state index < -0.39 is 6.09 Å². The topological polar surface area (TPSA) is 47.6 Å². The fourth-order valence-electron chi connectivity index (χ4n) is 5.08. The van der Waals surface area contributed by atoms with Crippen LogP contribution in [0.2, 0.25) is 0 Å². The molecular weight excluding hydrogens is 362 g/mol. The van der Waals surface area contributed by atoms with Gasteiger partial charge in [0.25, 0.3) is 0 Å². The summed E-state index contributed by atoms with van der Waals surface area (Å²) in [4.78, 5) is 12.4. The number of hydrogen-bond donors (Lipinski definition) is 1. The molecule has 152 valence electrons. The zero-order valence-electron chi connectivity index (χ0n) is 17.3. The van der Waals surface area contributed by atoms with Crippen LogP contribution in [0.1, 0.15) is 32.4 Å². The number of carbonyl (C=O) groups excluding carboxylic acids is 1. The second kappa shape index (κ2) is 8.03. The highest BCUT2D eigenvalue weighted by atomic mass is 16.6. The highest BCUT2D eigenvalue weighted by Gasteiger charge is 2.54. The summed E-state index contributed by atoms with van der Waals surface area (Å²) in [6.07, 6.45) is 1.97. The molecule has 5 atom stereocenters. The number of anilines is 1. The van der Waals surface area contributed by atoms with Crippen LogP contribution in [0.15, 0.2) is 72.3 Å². The van der Waals surface area contributed by atoms with Crippen molar-refractivity contribution in [1.29, 1.82) is 0 Å². The van der Waals surface area contributed by atoms with Gasteiger partial charge in [0.1, 0.15) is 6.61 Å². The van der Waals surface area contributed by atoms with Gasteiger partial charge in [0.05, 0.1) is 12.7 Å². The van der Waals surface area contributed by atoms with Gasteiger partial charge in [0, 0.05) is 17.0 Å². The Bertz CT molecular complexity index is 879. The van der Waals surface area contributed by atoms with Gasteiger partial charge in [0.15, 0.2) is 0 Å². The highest BCUT2D eigenvalue weighted by Crippen LogP contribution is 2.56. The van der Waals surface area contributed by atoms with E-state index in [1.54, 1.807) is 0 Å². The molecule has 0 aromatic heterocycles. The van der Waals surface area contributed by atoms with E-state index >= 15 is 0 Å². The average Bonchev–Trinajstić information content (AvgIpc) is 2.73. The number of nitrogens with one attached hydrogen (secondary N) is 1. The zero-order valence-corrected chi connectivity index (χ0v) is 17.3. The summed E-state index contributed by atoms with van der Waals surface area (Å²) in [5.74, 6) is 0.893. The Morgan fingerprint density at radius 2 is 1.76 bits per heavy atom. The van der Waals surface area contributed by atoms with E-state index in [2.05, 4.69) is 56.4 Å². The van der Waals surface area contributed by atoms with Gasteiger partial charge in [-0.1, -0.05) is 74.0 Å². The smallest absolute Gasteiger partial charge is 0.411 e. The number of amides is 1. The summed E-state index contributed by atoms with van der Waals surface area (Å²) in [7, 11) is 0. The SMILES string of the molecule is CC1=C[C@@H](C)[C@@]2(COC(=O)Nc3ccccc3)CO[C@H](c3ccccc3)[C@@H]1[C@@H]2C. The van der Waals surface area contributed by atoms with Crippen LogP contribution in [0.25, 0.3) is 0 Å². The van der Waals surface area contributed by atoms with Gasteiger partial charge >= 0.3 is 6.09 Å². The minimum atomic E-state index is -0.419. The number of carbonyl (C=O) groups is 1. The molecule has 2 aromatic carbocycles. The summed E-state index contributed by atoms with van der Waals surface area (Å²) >= 11 is 0. The van der Waals surface area contributed by atoms with Crippen molar-refractivity contribution in [1.82, 2.24) is 0 Å². The summed E-state index contributed by atoms with van der Waals surface area (Å²) in [6, 6.07) is 19.8. The third kappa shape index (κ3) is 3.69. The van der Waals surface area contributed by atoms with E-state index in [1.165, 1.54) is 11.1 Å². The molecule has 0 unspecified atom stereocenters. The van der Waals surface area contributed by atoms with Crippen molar-refractivity contribution in [2.75, 3.05) is 18.5 Å². The number of benzene rings is 2. The van der Waals surface area contributed by atoms with Crippen LogP contribution in [0.4, 0.5) is 10.5 Å². The van der Waals surface area contributed by atoms with Crippen molar-refractivity contribution >= 4 is 11.8 Å². The Morgan fingerprint density at radius 1 is 1.10 bits per heavy atom. The maximum absolute atomic E-state index is 12.4. The summed E-state index contributed by atoms with van der Waals surface area (Å²) in [6.45, 7) is 7.62. The molecule has 1 aliphatic heterocycles. The Hall–Kier alpha value is -2.59. The molecule has 29 heavy (non-hydrogen) atoms. The van der Waals surface area contributed by atoms with Crippen molar-refractivity contribution in [2.45, 2.75) is 26.9 Å². The molecule has 1 heterocycles. The van der Waals surface area contributed by atoms with E-state index in [0.717, 1.165) is 5.69 Å². The first-order chi connectivity index (χ1) is 14.0. The monoisotopic (exact) mass is 391 g/mol. The molecule has 1 aliphatic carbocycles. The standard InChI is InChI=1S/C25H29NO3/c1-17-14-18(2)25(16-29-24(27)26-21-12-8-5-9-13-21)15-28-23(22(17)19(25)3)20-10-6-4-7-11-20/h4-14,18-19,22-23H,15-16H2,1-3H3,(H,26,27)/t18-,19+,22+,23-,25+/m1/s1. The quantitative estimate of drug-likeness (QED) is 0.666. The minimum absolute atomic E-state index is 0.0428. The Morgan fingerprint density at radius 3 is 2.45 bits per heavy atom. The van der Waals surface area contributed by atoms with E-state index in [1.807, 2.05) is 36.4 Å². The van der Waals surface area contributed by atoms with E-state index in [0.29, 0.717) is 19.1 Å². The molecule has 4 rings (SSSR count). The number of rotatable bonds is 4. The Labute approximate surface area is 172 Å². The first kappa shape index (κ1) is 19.7. The van der Waals surface area contributed by atoms with Gasteiger partial charge in [-0.2, -0.15) is 0 Å². The highest BCUT2D eigenvalue weighted by molar-refractivity contribution is 5.84. The van der Waals surface area contributed by atoms with Crippen molar-refractivity contribution < 1.29 is 14.3 Å². The molecule has 2 aliphatic rings. The van der Waals surface area contributed by atoms with Gasteiger partial charge in [-0.25, -0.2) is 4.79 Å². The molecule has 0 radical (unpaired) electrons. The van der Waals surface area contributed by atoms with Gasteiger partial charge in [-0.3, -0.25) is 5.32 Å². The largest absolute Gasteiger partial charge is 0.449 e. The number of fused-ring (bicyclic) bond motifs is 2. The van der Waals surface area contributed by atoms with Crippen LogP contribution in [-0.2, 0) is 9.47 Å². The van der Waals surface area contributed by atoms with Gasteiger partial charge < -0.3 is 9.47 Å². The molecule has 2 bridgehead atoms. The molecule has 4 heteroatoms. The van der Waals surface area contributed by atoms with E-state index in [9.17, 15) is 4.79 Å². The molecule has 2 aromatic rings. The van der Waals surface area contributed by atoms with Crippen LogP contribution in [0.3, 0.4) is 0 Å². The summed E-state index contributed by atoms with van der Waals surface area (Å²) in [5, 5.41) is 2.81. The summed E-state index contributed by atoms with van der Waals surface area (Å²) < 4.78 is 12.2. The predicted molar refractivity (Wildman–Crippen MR) is 115 cm³/mol. The van der Waals surface area contributed by atoms with Crippen LogP contribution in [0.5, 0.6) is 0 Å². The lowest BCUT2D eigenvalue weighted by Gasteiger charge is -2.55. The van der Waals surface area contributed by atoms with Crippen molar-refractivity contribution in [2.24, 2.45) is 23.2 Å². The second-order valence-corrected chi connectivity index (χ2v) is 8.46. The molecule has 1 saturated heterocycles. The maximum atomic E-state index is 12.4. The van der Waals surface area contributed by atoms with Crippen LogP contribution in [-0.4, -0.2) is 19.3 Å². The third-order valence-electron chi connectivity index (χ3n) is 6.87. The molecule has 0 saturated carbocycles. The van der Waals surface area contributed by atoms with E-state index in [-0.39, 0.29) is 23.4 Å². The number of allylic oxidation sites excluding steroid dienone is 1. The lowest BCUT2D eigenvalue weighted by molar-refractivity contribution is -0.165. The number of hydrogen-bond acceptors (Lipinski definition) is 3. The van der Waals surface area contributed by atoms with Gasteiger partial charge in [0.2, 0.25) is 0 Å². The third-order valence-corrected chi connectivity index (χ3v) is 6.87. The molecule has 1 amide bonds. The van der Waals surface area contributed by atoms with Crippen molar-refractivity contribution in [3.8, 4) is 0 Å². The average molecular weight is 392 g/mol. The lowest BCUT2D eigenvalue weighted by Crippen LogP contribution is -2.54. The molecule has 1 N–H and O–H groups in total. The molecule has 1 fully saturated rings. The van der Waals surface area contributed by atoms with Crippen LogP contribution < -0.4 is 5.32 Å². The van der Waals surface area contributed by atoms with Crippen LogP contribution >= 0.6 is 0 Å². The second-order valence-electron chi connectivity index (χ2n) is 8.46. The first-order valence-corrected chi connectivity index (χ1v) is 10.3. The normalized spacial score (nSPS) is 30.9. The first-order valence-electron chi connectivity index (χ1n) is 10.3. The van der Waals surface area contributed by atoms with Gasteiger partial charge in [-0.15, -0.1) is 0 Å². The molecule has 4 nitrogen and oxygen atoms in total. The Balaban J connectivity index is 1.52. The predicted octanol–water partition coefficient (Wildman–Crippen LogP) is 5.84. The summed E-state index contributed by atoms with van der Waals surface area (Å²) in [5.41, 5.74) is 3.09. The van der Waals surface area contributed by atoms with Crippen molar-refractivity contribution in [3.63, 3.8) is 0 Å². The zero-order chi connectivity index (χ0) is 20.4. The fraction of sp³-hybridized carbons (Fsp3) is 0.400. The van der Waals surface area contributed by atoms with Crippen LogP contribution in [0, 0.1) is 23.2 Å². The van der Waals surface area contributed by atoms with E-state index in [4.69, 9.17) is 9.47 Å². The van der Waals surface area contributed by atoms with Crippen molar-refractivity contribution in [3.05, 3.63) is 77.9 Å². The molecule has 0 spiro atoms. The fourth-order valence-corrected chi connectivity index (χ4v) is 5.08. The number of para-hydroxylation sites is 1. The van der Waals surface area contributed by atoms with Gasteiger partial charge in [-0.05, 0) is 36.5 Å². The number of ether oxygens (including phenoxy) is 2. The Kier molecular flexibility index (Phi) is 5.46. The molecular formula is C25H29NO3.